The molecule has 1 radical (unpaired) electrons. The van der Waals surface area contributed by atoms with Gasteiger partial charge in [0, 0.05) is 25.8 Å². The van der Waals surface area contributed by atoms with Crippen molar-refractivity contribution >= 4 is 22.2 Å². The SMILES string of the molecule is COc1ccc(/N=C(\C)c2ccc3cc(OC)ccc3c2)cc1.[Ir]. The van der Waals surface area contributed by atoms with E-state index in [0.717, 1.165) is 33.8 Å². The fourth-order valence-electron chi connectivity index (χ4n) is 2.49. The molecule has 0 amide bonds. The van der Waals surface area contributed by atoms with Crippen molar-refractivity contribution in [2.45, 2.75) is 6.92 Å². The maximum Gasteiger partial charge on any atom is 0.119 e. The molecule has 24 heavy (non-hydrogen) atoms. The van der Waals surface area contributed by atoms with Gasteiger partial charge < -0.3 is 9.47 Å². The van der Waals surface area contributed by atoms with E-state index in [-0.39, 0.29) is 20.1 Å². The predicted molar refractivity (Wildman–Crippen MR) is 95.4 cm³/mol. The van der Waals surface area contributed by atoms with Crippen molar-refractivity contribution in [1.29, 1.82) is 0 Å². The fraction of sp³-hybridized carbons (Fsp3) is 0.150. The molecule has 0 unspecified atom stereocenters. The van der Waals surface area contributed by atoms with Crippen LogP contribution in [-0.4, -0.2) is 19.9 Å². The molecule has 0 saturated carbocycles. The monoisotopic (exact) mass is 498 g/mol. The Balaban J connectivity index is 0.00000208. The van der Waals surface area contributed by atoms with E-state index in [1.807, 2.05) is 43.3 Å². The third-order valence-corrected chi connectivity index (χ3v) is 3.83. The summed E-state index contributed by atoms with van der Waals surface area (Å²) in [4.78, 5) is 4.68. The maximum atomic E-state index is 5.26. The minimum Gasteiger partial charge on any atom is -0.497 e. The van der Waals surface area contributed by atoms with Crippen LogP contribution in [0.15, 0.2) is 65.7 Å². The molecule has 0 saturated heterocycles. The molecule has 4 heteroatoms. The zero-order valence-electron chi connectivity index (χ0n) is 13.9. The number of rotatable bonds is 4. The van der Waals surface area contributed by atoms with Gasteiger partial charge in [0.25, 0.3) is 0 Å². The van der Waals surface area contributed by atoms with Gasteiger partial charge >= 0.3 is 0 Å². The van der Waals surface area contributed by atoms with E-state index in [1.54, 1.807) is 14.2 Å². The van der Waals surface area contributed by atoms with E-state index in [1.165, 1.54) is 5.39 Å². The van der Waals surface area contributed by atoms with Crippen LogP contribution in [0, 0.1) is 0 Å². The summed E-state index contributed by atoms with van der Waals surface area (Å²) in [6.07, 6.45) is 0. The zero-order valence-corrected chi connectivity index (χ0v) is 16.3. The number of nitrogens with zero attached hydrogens (tertiary/aromatic N) is 1. The molecule has 0 atom stereocenters. The number of benzene rings is 3. The van der Waals surface area contributed by atoms with Gasteiger partial charge in [-0.15, -0.1) is 0 Å². The smallest absolute Gasteiger partial charge is 0.119 e. The van der Waals surface area contributed by atoms with Crippen molar-refractivity contribution in [2.75, 3.05) is 14.2 Å². The van der Waals surface area contributed by atoms with Crippen molar-refractivity contribution in [2.24, 2.45) is 4.99 Å². The molecule has 0 N–H and O–H groups in total. The second-order valence-electron chi connectivity index (χ2n) is 5.32. The van der Waals surface area contributed by atoms with Crippen LogP contribution in [0.25, 0.3) is 10.8 Å². The standard InChI is InChI=1S/C20H19NO2.Ir/c1-14(21-18-7-10-19(22-2)11-8-18)15-4-5-17-13-20(23-3)9-6-16(17)12-15;/h4-13H,1-3H3;/b21-14+;. The molecule has 0 aliphatic rings. The van der Waals surface area contributed by atoms with E-state index in [0.29, 0.717) is 0 Å². The van der Waals surface area contributed by atoms with Crippen LogP contribution in [0.2, 0.25) is 0 Å². The summed E-state index contributed by atoms with van der Waals surface area (Å²) >= 11 is 0. The molecule has 3 nitrogen and oxygen atoms in total. The Bertz CT molecular complexity index is 857. The molecule has 3 aromatic rings. The van der Waals surface area contributed by atoms with Gasteiger partial charge in [-0.25, -0.2) is 0 Å². The Morgan fingerprint density at radius 3 is 2.00 bits per heavy atom. The molecule has 3 rings (SSSR count). The number of hydrogen-bond acceptors (Lipinski definition) is 3. The van der Waals surface area contributed by atoms with Gasteiger partial charge in [-0.1, -0.05) is 18.2 Å². The summed E-state index contributed by atoms with van der Waals surface area (Å²) in [5.74, 6) is 1.70. The van der Waals surface area contributed by atoms with Crippen LogP contribution in [0.4, 0.5) is 5.69 Å². The van der Waals surface area contributed by atoms with E-state index >= 15 is 0 Å². The Morgan fingerprint density at radius 1 is 0.750 bits per heavy atom. The van der Waals surface area contributed by atoms with Gasteiger partial charge in [-0.05, 0) is 65.7 Å². The predicted octanol–water partition coefficient (Wildman–Crippen LogP) is 5.00. The minimum absolute atomic E-state index is 0. The van der Waals surface area contributed by atoms with Gasteiger partial charge in [-0.2, -0.15) is 0 Å². The molecule has 125 valence electrons. The van der Waals surface area contributed by atoms with Gasteiger partial charge in [-0.3, -0.25) is 4.99 Å². The maximum absolute atomic E-state index is 5.26. The molecular weight excluding hydrogens is 478 g/mol. The van der Waals surface area contributed by atoms with Crippen molar-refractivity contribution < 1.29 is 29.6 Å². The van der Waals surface area contributed by atoms with Crippen LogP contribution in [-0.2, 0) is 20.1 Å². The molecular formula is C20H19IrNO2. The number of ether oxygens (including phenoxy) is 2. The number of methoxy groups -OCH3 is 2. The van der Waals surface area contributed by atoms with Crippen LogP contribution < -0.4 is 9.47 Å². The molecule has 0 bridgehead atoms. The van der Waals surface area contributed by atoms with Gasteiger partial charge in [0.1, 0.15) is 11.5 Å². The fourth-order valence-corrected chi connectivity index (χ4v) is 2.49. The summed E-state index contributed by atoms with van der Waals surface area (Å²) in [5, 5.41) is 2.33. The van der Waals surface area contributed by atoms with Gasteiger partial charge in [0.15, 0.2) is 0 Å². The first-order valence-corrected chi connectivity index (χ1v) is 7.47. The van der Waals surface area contributed by atoms with Gasteiger partial charge in [0.2, 0.25) is 0 Å². The van der Waals surface area contributed by atoms with Crippen molar-refractivity contribution in [3.8, 4) is 11.5 Å². The topological polar surface area (TPSA) is 30.8 Å². The summed E-state index contributed by atoms with van der Waals surface area (Å²) in [7, 11) is 3.34. The van der Waals surface area contributed by atoms with Gasteiger partial charge in [0.05, 0.1) is 19.9 Å². The summed E-state index contributed by atoms with van der Waals surface area (Å²) in [6, 6.07) is 20.1. The largest absolute Gasteiger partial charge is 0.497 e. The van der Waals surface area contributed by atoms with Crippen LogP contribution in [0.5, 0.6) is 11.5 Å². The number of aliphatic imine (C=N–C) groups is 1. The van der Waals surface area contributed by atoms with Crippen molar-refractivity contribution in [3.63, 3.8) is 0 Å². The zero-order chi connectivity index (χ0) is 16.2. The number of hydrogen-bond donors (Lipinski definition) is 0. The Labute approximate surface area is 155 Å². The Hall–Kier alpha value is -2.16. The minimum atomic E-state index is 0. The Morgan fingerprint density at radius 2 is 1.33 bits per heavy atom. The summed E-state index contributed by atoms with van der Waals surface area (Å²) < 4.78 is 10.4. The van der Waals surface area contributed by atoms with E-state index in [9.17, 15) is 0 Å². The quantitative estimate of drug-likeness (QED) is 0.476. The molecule has 0 aliphatic heterocycles. The first-order chi connectivity index (χ1) is 11.2. The third kappa shape index (κ3) is 4.02. The molecule has 3 aromatic carbocycles. The van der Waals surface area contributed by atoms with Crippen LogP contribution >= 0.6 is 0 Å². The molecule has 0 aliphatic carbocycles. The number of fused-ring (bicyclic) bond motifs is 1. The van der Waals surface area contributed by atoms with E-state index < -0.39 is 0 Å². The average molecular weight is 498 g/mol. The molecule has 0 aromatic heterocycles. The summed E-state index contributed by atoms with van der Waals surface area (Å²) in [6.45, 7) is 2.02. The normalized spacial score (nSPS) is 11.0. The second kappa shape index (κ2) is 8.09. The van der Waals surface area contributed by atoms with Crippen LogP contribution in [0.3, 0.4) is 0 Å². The first kappa shape index (κ1) is 18.2. The second-order valence-corrected chi connectivity index (χ2v) is 5.32. The first-order valence-electron chi connectivity index (χ1n) is 7.47. The molecule has 0 fully saturated rings. The molecule has 0 spiro atoms. The summed E-state index contributed by atoms with van der Waals surface area (Å²) in [5.41, 5.74) is 3.00. The van der Waals surface area contributed by atoms with E-state index in [2.05, 4.69) is 29.3 Å². The average Bonchev–Trinajstić information content (AvgIpc) is 2.61. The van der Waals surface area contributed by atoms with Crippen molar-refractivity contribution in [1.82, 2.24) is 0 Å². The van der Waals surface area contributed by atoms with Crippen molar-refractivity contribution in [3.05, 3.63) is 66.2 Å². The Kier molecular flexibility index (Phi) is 6.13. The molecule has 0 heterocycles. The van der Waals surface area contributed by atoms with E-state index in [4.69, 9.17) is 9.47 Å². The van der Waals surface area contributed by atoms with Crippen LogP contribution in [0.1, 0.15) is 12.5 Å². The third-order valence-electron chi connectivity index (χ3n) is 3.83.